The normalized spacial score (nSPS) is 16.5. The van der Waals surface area contributed by atoms with Gasteiger partial charge in [0.15, 0.2) is 11.8 Å². The van der Waals surface area contributed by atoms with E-state index in [1.54, 1.807) is 17.0 Å². The summed E-state index contributed by atoms with van der Waals surface area (Å²) in [6, 6.07) is 8.78. The number of amides is 2. The Bertz CT molecular complexity index is 723. The number of carbonyl (C=O) groups is 2. The van der Waals surface area contributed by atoms with Gasteiger partial charge in [0.25, 0.3) is 11.8 Å². The molecule has 2 aromatic rings. The maximum absolute atomic E-state index is 12.9. The van der Waals surface area contributed by atoms with E-state index in [0.29, 0.717) is 37.6 Å². The molecule has 132 valence electrons. The average molecular weight is 346 g/mol. The number of rotatable bonds is 4. The molecule has 2 amide bonds. The highest BCUT2D eigenvalue weighted by molar-refractivity contribution is 5.93. The Kier molecular flexibility index (Phi) is 5.14. The number of quaternary nitrogens is 1. The molecule has 0 bridgehead atoms. The maximum atomic E-state index is 12.9. The Balaban J connectivity index is 1.52. The van der Waals surface area contributed by atoms with Crippen LogP contribution in [0.5, 0.6) is 0 Å². The fourth-order valence-electron chi connectivity index (χ4n) is 2.96. The van der Waals surface area contributed by atoms with Crippen LogP contribution >= 0.6 is 0 Å². The number of benzene rings is 1. The standard InChI is InChI=1S/C18H20FN3O3/c1-13(17(23)20-15-6-4-14(19)5-7-15)21-8-10-22(11-9-21)18(24)16-3-2-12-25-16/h2-7,12-13H,8-11H2,1H3,(H,20,23)/p+1/t13-/m0/s1. The second-order valence-corrected chi connectivity index (χ2v) is 6.15. The summed E-state index contributed by atoms with van der Waals surface area (Å²) >= 11 is 0. The van der Waals surface area contributed by atoms with Gasteiger partial charge in [0.2, 0.25) is 0 Å². The van der Waals surface area contributed by atoms with Crippen LogP contribution in [0.1, 0.15) is 17.5 Å². The first kappa shape index (κ1) is 17.2. The summed E-state index contributed by atoms with van der Waals surface area (Å²) in [5.74, 6) is -0.237. The minimum Gasteiger partial charge on any atom is -0.459 e. The Morgan fingerprint density at radius 3 is 2.48 bits per heavy atom. The topological polar surface area (TPSA) is 67.0 Å². The summed E-state index contributed by atoms with van der Waals surface area (Å²) in [4.78, 5) is 27.5. The molecule has 2 N–H and O–H groups in total. The number of anilines is 1. The van der Waals surface area contributed by atoms with Gasteiger partial charge in [-0.1, -0.05) is 0 Å². The molecule has 1 atom stereocenters. The number of nitrogens with one attached hydrogen (secondary N) is 2. The van der Waals surface area contributed by atoms with Crippen LogP contribution in [0.25, 0.3) is 0 Å². The van der Waals surface area contributed by atoms with Crippen molar-refractivity contribution in [2.75, 3.05) is 31.5 Å². The van der Waals surface area contributed by atoms with Crippen molar-refractivity contribution in [2.24, 2.45) is 0 Å². The largest absolute Gasteiger partial charge is 0.459 e. The number of carbonyl (C=O) groups excluding carboxylic acids is 2. The molecular weight excluding hydrogens is 325 g/mol. The molecule has 1 aromatic heterocycles. The lowest BCUT2D eigenvalue weighted by molar-refractivity contribution is -0.917. The number of furan rings is 1. The fraction of sp³-hybridized carbons (Fsp3) is 0.333. The number of piperazine rings is 1. The summed E-state index contributed by atoms with van der Waals surface area (Å²) in [5.41, 5.74) is 0.573. The Hall–Kier alpha value is -2.67. The molecule has 0 radical (unpaired) electrons. The van der Waals surface area contributed by atoms with Gasteiger partial charge in [0.1, 0.15) is 5.82 Å². The summed E-state index contributed by atoms with van der Waals surface area (Å²) in [6.07, 6.45) is 1.48. The van der Waals surface area contributed by atoms with Gasteiger partial charge in [0.05, 0.1) is 32.4 Å². The number of halogens is 1. The van der Waals surface area contributed by atoms with Gasteiger partial charge < -0.3 is 19.5 Å². The van der Waals surface area contributed by atoms with E-state index < -0.39 is 0 Å². The zero-order chi connectivity index (χ0) is 17.8. The second kappa shape index (κ2) is 7.48. The van der Waals surface area contributed by atoms with E-state index in [4.69, 9.17) is 4.42 Å². The van der Waals surface area contributed by atoms with Crippen LogP contribution in [0.4, 0.5) is 10.1 Å². The molecule has 7 heteroatoms. The van der Waals surface area contributed by atoms with E-state index in [0.717, 1.165) is 4.90 Å². The zero-order valence-corrected chi connectivity index (χ0v) is 14.0. The van der Waals surface area contributed by atoms with E-state index in [-0.39, 0.29) is 23.7 Å². The lowest BCUT2D eigenvalue weighted by atomic mass is 10.2. The van der Waals surface area contributed by atoms with Crippen molar-refractivity contribution < 1.29 is 23.3 Å². The molecule has 2 heterocycles. The molecule has 1 aliphatic rings. The smallest absolute Gasteiger partial charge is 0.289 e. The highest BCUT2D eigenvalue weighted by Gasteiger charge is 2.31. The lowest BCUT2D eigenvalue weighted by Crippen LogP contribution is -3.19. The highest BCUT2D eigenvalue weighted by Crippen LogP contribution is 2.09. The van der Waals surface area contributed by atoms with Crippen molar-refractivity contribution >= 4 is 17.5 Å². The third-order valence-electron chi connectivity index (χ3n) is 4.54. The van der Waals surface area contributed by atoms with E-state index in [9.17, 15) is 14.0 Å². The predicted octanol–water partition coefficient (Wildman–Crippen LogP) is 0.787. The van der Waals surface area contributed by atoms with Crippen molar-refractivity contribution in [3.05, 3.63) is 54.2 Å². The van der Waals surface area contributed by atoms with Crippen molar-refractivity contribution in [1.29, 1.82) is 0 Å². The van der Waals surface area contributed by atoms with Crippen LogP contribution in [0, 0.1) is 5.82 Å². The molecule has 3 rings (SSSR count). The minimum absolute atomic E-state index is 0.118. The molecule has 0 spiro atoms. The van der Waals surface area contributed by atoms with Gasteiger partial charge in [-0.3, -0.25) is 9.59 Å². The highest BCUT2D eigenvalue weighted by atomic mass is 19.1. The van der Waals surface area contributed by atoms with Crippen LogP contribution in [0.15, 0.2) is 47.1 Å². The molecule has 1 fully saturated rings. The summed E-state index contributed by atoms with van der Waals surface area (Å²) in [7, 11) is 0. The summed E-state index contributed by atoms with van der Waals surface area (Å²) in [6.45, 7) is 4.37. The monoisotopic (exact) mass is 346 g/mol. The Labute approximate surface area is 145 Å². The predicted molar refractivity (Wildman–Crippen MR) is 89.8 cm³/mol. The molecule has 1 saturated heterocycles. The lowest BCUT2D eigenvalue weighted by Gasteiger charge is -2.34. The van der Waals surface area contributed by atoms with Gasteiger partial charge in [0, 0.05) is 5.69 Å². The van der Waals surface area contributed by atoms with E-state index in [1.807, 2.05) is 6.92 Å². The van der Waals surface area contributed by atoms with E-state index >= 15 is 0 Å². The van der Waals surface area contributed by atoms with Crippen LogP contribution < -0.4 is 10.2 Å². The molecule has 1 aliphatic heterocycles. The molecule has 6 nitrogen and oxygen atoms in total. The first-order chi connectivity index (χ1) is 12.0. The fourth-order valence-corrected chi connectivity index (χ4v) is 2.96. The van der Waals surface area contributed by atoms with Crippen LogP contribution in [-0.4, -0.2) is 48.9 Å². The van der Waals surface area contributed by atoms with Gasteiger partial charge >= 0.3 is 0 Å². The Morgan fingerprint density at radius 2 is 1.88 bits per heavy atom. The summed E-state index contributed by atoms with van der Waals surface area (Å²) in [5, 5.41) is 2.80. The molecule has 0 saturated carbocycles. The molecule has 1 aromatic carbocycles. The van der Waals surface area contributed by atoms with Crippen molar-refractivity contribution in [3.8, 4) is 0 Å². The Morgan fingerprint density at radius 1 is 1.20 bits per heavy atom. The number of hydrogen-bond donors (Lipinski definition) is 2. The van der Waals surface area contributed by atoms with Crippen LogP contribution in [-0.2, 0) is 4.79 Å². The number of nitrogens with zero attached hydrogens (tertiary/aromatic N) is 1. The first-order valence-electron chi connectivity index (χ1n) is 8.28. The molecule has 25 heavy (non-hydrogen) atoms. The van der Waals surface area contributed by atoms with Crippen LogP contribution in [0.2, 0.25) is 0 Å². The first-order valence-corrected chi connectivity index (χ1v) is 8.28. The molecular formula is C18H21FN3O3+. The second-order valence-electron chi connectivity index (χ2n) is 6.15. The quantitative estimate of drug-likeness (QED) is 0.860. The zero-order valence-electron chi connectivity index (χ0n) is 14.0. The SMILES string of the molecule is C[C@@H](C(=O)Nc1ccc(F)cc1)[NH+]1CCN(C(=O)c2ccco2)CC1. The van der Waals surface area contributed by atoms with Gasteiger partial charge in [-0.2, -0.15) is 0 Å². The number of hydrogen-bond acceptors (Lipinski definition) is 3. The van der Waals surface area contributed by atoms with Crippen molar-refractivity contribution in [1.82, 2.24) is 4.90 Å². The average Bonchev–Trinajstić information content (AvgIpc) is 3.17. The van der Waals surface area contributed by atoms with Crippen LogP contribution in [0.3, 0.4) is 0 Å². The third-order valence-corrected chi connectivity index (χ3v) is 4.54. The van der Waals surface area contributed by atoms with Crippen molar-refractivity contribution in [2.45, 2.75) is 13.0 Å². The maximum Gasteiger partial charge on any atom is 0.289 e. The minimum atomic E-state index is -0.339. The van der Waals surface area contributed by atoms with E-state index in [2.05, 4.69) is 5.32 Å². The summed E-state index contributed by atoms with van der Waals surface area (Å²) < 4.78 is 18.1. The van der Waals surface area contributed by atoms with Gasteiger partial charge in [-0.25, -0.2) is 4.39 Å². The third kappa shape index (κ3) is 4.06. The van der Waals surface area contributed by atoms with Gasteiger partial charge in [-0.05, 0) is 43.3 Å². The van der Waals surface area contributed by atoms with Gasteiger partial charge in [-0.15, -0.1) is 0 Å². The van der Waals surface area contributed by atoms with Crippen molar-refractivity contribution in [3.63, 3.8) is 0 Å². The molecule has 0 unspecified atom stereocenters. The van der Waals surface area contributed by atoms with E-state index in [1.165, 1.54) is 30.5 Å². The molecule has 0 aliphatic carbocycles.